The number of sulfonamides is 1. The van der Waals surface area contributed by atoms with E-state index in [1.807, 2.05) is 0 Å². The zero-order valence-electron chi connectivity index (χ0n) is 9.96. The molecule has 1 fully saturated rings. The van der Waals surface area contributed by atoms with Gasteiger partial charge in [-0.25, -0.2) is 13.1 Å². The first-order valence-electron chi connectivity index (χ1n) is 5.76. The molecule has 0 amide bonds. The first kappa shape index (κ1) is 13.7. The Hall–Kier alpha value is -0.390. The Morgan fingerprint density at radius 3 is 2.62 bits per heavy atom. The topological polar surface area (TPSA) is 58.2 Å². The molecule has 1 saturated heterocycles. The third kappa shape index (κ3) is 4.63. The maximum absolute atomic E-state index is 11.6. The lowest BCUT2D eigenvalue weighted by molar-refractivity contribution is 0.232. The number of nitrogens with one attached hydrogen (secondary N) is 2. The van der Waals surface area contributed by atoms with Gasteiger partial charge in [-0.15, -0.1) is 6.58 Å². The third-order valence-corrected chi connectivity index (χ3v) is 4.48. The number of rotatable bonds is 6. The van der Waals surface area contributed by atoms with E-state index in [1.165, 1.54) is 0 Å². The Morgan fingerprint density at radius 2 is 2.06 bits per heavy atom. The molecule has 0 aliphatic carbocycles. The van der Waals surface area contributed by atoms with Crippen LogP contribution in [-0.2, 0) is 10.0 Å². The molecule has 16 heavy (non-hydrogen) atoms. The summed E-state index contributed by atoms with van der Waals surface area (Å²) in [5.41, 5.74) is 0.104. The highest BCUT2D eigenvalue weighted by molar-refractivity contribution is 7.89. The van der Waals surface area contributed by atoms with Gasteiger partial charge in [-0.1, -0.05) is 13.0 Å². The van der Waals surface area contributed by atoms with Crippen molar-refractivity contribution in [1.29, 1.82) is 0 Å². The van der Waals surface area contributed by atoms with Crippen molar-refractivity contribution in [2.75, 3.05) is 25.4 Å². The molecule has 0 unspecified atom stereocenters. The molecular formula is C11H22N2O2S. The van der Waals surface area contributed by atoms with Crippen molar-refractivity contribution in [1.82, 2.24) is 10.0 Å². The van der Waals surface area contributed by atoms with E-state index >= 15 is 0 Å². The Kier molecular flexibility index (Phi) is 4.95. The molecule has 94 valence electrons. The van der Waals surface area contributed by atoms with Gasteiger partial charge in [-0.05, 0) is 37.8 Å². The van der Waals surface area contributed by atoms with E-state index in [1.54, 1.807) is 6.08 Å². The highest BCUT2D eigenvalue weighted by Crippen LogP contribution is 2.26. The van der Waals surface area contributed by atoms with Crippen molar-refractivity contribution in [3.8, 4) is 0 Å². The van der Waals surface area contributed by atoms with Crippen LogP contribution in [0.2, 0.25) is 0 Å². The van der Waals surface area contributed by atoms with Crippen LogP contribution in [0.4, 0.5) is 0 Å². The Morgan fingerprint density at radius 1 is 1.44 bits per heavy atom. The summed E-state index contributed by atoms with van der Waals surface area (Å²) in [4.78, 5) is 0. The summed E-state index contributed by atoms with van der Waals surface area (Å²) in [6.07, 6.45) is 4.19. The van der Waals surface area contributed by atoms with Crippen LogP contribution in [0, 0.1) is 5.41 Å². The summed E-state index contributed by atoms with van der Waals surface area (Å²) in [7, 11) is -3.12. The lowest BCUT2D eigenvalue weighted by Gasteiger charge is -2.34. The Labute approximate surface area is 98.6 Å². The first-order valence-corrected chi connectivity index (χ1v) is 7.42. The largest absolute Gasteiger partial charge is 0.317 e. The maximum atomic E-state index is 11.6. The van der Waals surface area contributed by atoms with E-state index in [0.717, 1.165) is 25.9 Å². The van der Waals surface area contributed by atoms with Crippen LogP contribution in [-0.4, -0.2) is 33.8 Å². The smallest absolute Gasteiger partial charge is 0.211 e. The van der Waals surface area contributed by atoms with E-state index in [0.29, 0.717) is 13.0 Å². The average molecular weight is 246 g/mol. The third-order valence-electron chi connectivity index (χ3n) is 3.12. The van der Waals surface area contributed by atoms with Gasteiger partial charge in [0.05, 0.1) is 5.75 Å². The molecule has 1 heterocycles. The zero-order chi connectivity index (χ0) is 12.1. The van der Waals surface area contributed by atoms with Crippen LogP contribution in [0.15, 0.2) is 12.7 Å². The van der Waals surface area contributed by atoms with Crippen LogP contribution in [0.3, 0.4) is 0 Å². The van der Waals surface area contributed by atoms with Crippen molar-refractivity contribution < 1.29 is 8.42 Å². The van der Waals surface area contributed by atoms with E-state index in [4.69, 9.17) is 0 Å². The Balaban J connectivity index is 2.40. The van der Waals surface area contributed by atoms with Crippen molar-refractivity contribution in [3.63, 3.8) is 0 Å². The molecule has 5 heteroatoms. The lowest BCUT2D eigenvalue weighted by Crippen LogP contribution is -2.43. The number of hydrogen-bond donors (Lipinski definition) is 2. The van der Waals surface area contributed by atoms with Crippen molar-refractivity contribution in [2.24, 2.45) is 5.41 Å². The van der Waals surface area contributed by atoms with E-state index in [9.17, 15) is 8.42 Å². The maximum Gasteiger partial charge on any atom is 0.211 e. The summed E-state index contributed by atoms with van der Waals surface area (Å²) in [5.74, 6) is 0.144. The minimum Gasteiger partial charge on any atom is -0.317 e. The van der Waals surface area contributed by atoms with Gasteiger partial charge in [0.25, 0.3) is 0 Å². The van der Waals surface area contributed by atoms with Crippen LogP contribution in [0.25, 0.3) is 0 Å². The number of piperidine rings is 1. The molecule has 0 spiro atoms. The van der Waals surface area contributed by atoms with Crippen LogP contribution in [0.5, 0.6) is 0 Å². The molecule has 0 saturated carbocycles. The molecule has 0 aromatic rings. The number of allylic oxidation sites excluding steroid dienone is 1. The average Bonchev–Trinajstić information content (AvgIpc) is 2.25. The standard InChI is InChI=1S/C11H22N2O2S/c1-3-4-9-16(14,15)13-10-11(2)5-7-12-8-6-11/h3,12-13H,1,4-10H2,2H3. The summed E-state index contributed by atoms with van der Waals surface area (Å²) in [6.45, 7) is 8.17. The summed E-state index contributed by atoms with van der Waals surface area (Å²) < 4.78 is 25.9. The quantitative estimate of drug-likeness (QED) is 0.684. The van der Waals surface area contributed by atoms with Gasteiger partial charge in [0.1, 0.15) is 0 Å². The second kappa shape index (κ2) is 5.80. The SMILES string of the molecule is C=CCCS(=O)(=O)NCC1(C)CCNCC1. The summed E-state index contributed by atoms with van der Waals surface area (Å²) >= 11 is 0. The first-order chi connectivity index (χ1) is 7.47. The second-order valence-electron chi connectivity index (χ2n) is 4.78. The molecule has 2 N–H and O–H groups in total. The molecule has 0 radical (unpaired) electrons. The monoisotopic (exact) mass is 246 g/mol. The van der Waals surface area contributed by atoms with Crippen LogP contribution >= 0.6 is 0 Å². The number of hydrogen-bond acceptors (Lipinski definition) is 3. The molecule has 0 atom stereocenters. The van der Waals surface area contributed by atoms with Gasteiger partial charge in [0.2, 0.25) is 10.0 Å². The van der Waals surface area contributed by atoms with Crippen LogP contribution < -0.4 is 10.0 Å². The molecular weight excluding hydrogens is 224 g/mol. The van der Waals surface area contributed by atoms with E-state index in [-0.39, 0.29) is 11.2 Å². The van der Waals surface area contributed by atoms with E-state index < -0.39 is 10.0 Å². The minimum absolute atomic E-state index is 0.104. The van der Waals surface area contributed by atoms with Gasteiger partial charge in [0.15, 0.2) is 0 Å². The molecule has 0 bridgehead atoms. The van der Waals surface area contributed by atoms with Crippen molar-refractivity contribution >= 4 is 10.0 Å². The predicted octanol–water partition coefficient (Wildman–Crippen LogP) is 0.872. The lowest BCUT2D eigenvalue weighted by atomic mass is 9.81. The van der Waals surface area contributed by atoms with Crippen molar-refractivity contribution in [3.05, 3.63) is 12.7 Å². The predicted molar refractivity (Wildman–Crippen MR) is 66.8 cm³/mol. The van der Waals surface area contributed by atoms with Gasteiger partial charge < -0.3 is 5.32 Å². The fraction of sp³-hybridized carbons (Fsp3) is 0.818. The molecule has 1 rings (SSSR count). The highest BCUT2D eigenvalue weighted by Gasteiger charge is 2.27. The fourth-order valence-electron chi connectivity index (χ4n) is 1.80. The van der Waals surface area contributed by atoms with Gasteiger partial charge in [0, 0.05) is 6.54 Å². The van der Waals surface area contributed by atoms with E-state index in [2.05, 4.69) is 23.5 Å². The fourth-order valence-corrected chi connectivity index (χ4v) is 2.99. The molecule has 1 aliphatic heterocycles. The normalized spacial score (nSPS) is 20.6. The van der Waals surface area contributed by atoms with Gasteiger partial charge in [-0.2, -0.15) is 0 Å². The zero-order valence-corrected chi connectivity index (χ0v) is 10.8. The molecule has 1 aliphatic rings. The van der Waals surface area contributed by atoms with Gasteiger partial charge in [-0.3, -0.25) is 0 Å². The van der Waals surface area contributed by atoms with Gasteiger partial charge >= 0.3 is 0 Å². The molecule has 0 aromatic carbocycles. The second-order valence-corrected chi connectivity index (χ2v) is 6.70. The van der Waals surface area contributed by atoms with Crippen LogP contribution in [0.1, 0.15) is 26.2 Å². The highest BCUT2D eigenvalue weighted by atomic mass is 32.2. The van der Waals surface area contributed by atoms with Crippen molar-refractivity contribution in [2.45, 2.75) is 26.2 Å². The summed E-state index contributed by atoms with van der Waals surface area (Å²) in [5, 5.41) is 3.28. The molecule has 0 aromatic heterocycles. The Bertz CT molecular complexity index is 319. The summed E-state index contributed by atoms with van der Waals surface area (Å²) in [6, 6.07) is 0. The minimum atomic E-state index is -3.12. The molecule has 4 nitrogen and oxygen atoms in total.